The van der Waals surface area contributed by atoms with E-state index in [-0.39, 0.29) is 12.0 Å². The third-order valence-electron chi connectivity index (χ3n) is 2.89. The van der Waals surface area contributed by atoms with Crippen LogP contribution in [-0.4, -0.2) is 49.2 Å². The molecule has 0 spiro atoms. The molecule has 0 aliphatic rings. The lowest BCUT2D eigenvalue weighted by Gasteiger charge is -2.26. The Morgan fingerprint density at radius 1 is 1.24 bits per heavy atom. The van der Waals surface area contributed by atoms with Gasteiger partial charge < -0.3 is 15.0 Å². The fourth-order valence-corrected chi connectivity index (χ4v) is 1.86. The molecule has 1 N–H and O–H groups in total. The number of rotatable bonds is 9. The molecule has 0 aromatic carbocycles. The summed E-state index contributed by atoms with van der Waals surface area (Å²) < 4.78 is 5.04. The molecule has 4 nitrogen and oxygen atoms in total. The minimum absolute atomic E-state index is 0.138. The van der Waals surface area contributed by atoms with Crippen molar-refractivity contribution in [2.24, 2.45) is 0 Å². The van der Waals surface area contributed by atoms with Crippen LogP contribution in [0.3, 0.4) is 0 Å². The van der Waals surface area contributed by atoms with Gasteiger partial charge in [0, 0.05) is 12.6 Å². The number of nitrogens with zero attached hydrogens (tertiary/aromatic N) is 1. The molecule has 0 amide bonds. The summed E-state index contributed by atoms with van der Waals surface area (Å²) in [6.45, 7) is 13.7. The van der Waals surface area contributed by atoms with Crippen molar-refractivity contribution < 1.29 is 9.53 Å². The van der Waals surface area contributed by atoms with E-state index in [1.807, 2.05) is 13.8 Å². The van der Waals surface area contributed by atoms with Crippen molar-refractivity contribution in [3.63, 3.8) is 0 Å². The molecule has 0 aliphatic heterocycles. The van der Waals surface area contributed by atoms with E-state index < -0.39 is 0 Å². The predicted molar refractivity (Wildman–Crippen MR) is 71.1 cm³/mol. The maximum Gasteiger partial charge on any atom is 0.323 e. The molecule has 4 heteroatoms. The molecule has 0 saturated carbocycles. The lowest BCUT2D eigenvalue weighted by molar-refractivity contribution is -0.146. The zero-order valence-corrected chi connectivity index (χ0v) is 12.0. The second kappa shape index (κ2) is 9.42. The lowest BCUT2D eigenvalue weighted by atomic mass is 10.2. The molecule has 0 aliphatic carbocycles. The fraction of sp³-hybridized carbons (Fsp3) is 0.923. The lowest BCUT2D eigenvalue weighted by Crippen LogP contribution is -2.47. The van der Waals surface area contributed by atoms with E-state index in [1.54, 1.807) is 0 Å². The fourth-order valence-electron chi connectivity index (χ4n) is 1.86. The van der Waals surface area contributed by atoms with Crippen LogP contribution in [0.2, 0.25) is 0 Å². The summed E-state index contributed by atoms with van der Waals surface area (Å²) in [6, 6.07) is 0.116. The van der Waals surface area contributed by atoms with Gasteiger partial charge in [0.1, 0.15) is 6.04 Å². The molecule has 0 fully saturated rings. The number of nitrogens with one attached hydrogen (secondary N) is 1. The molecular weight excluding hydrogens is 216 g/mol. The van der Waals surface area contributed by atoms with Crippen LogP contribution < -0.4 is 5.32 Å². The predicted octanol–water partition coefficient (Wildman–Crippen LogP) is 1.65. The molecule has 17 heavy (non-hydrogen) atoms. The number of ether oxygens (including phenoxy) is 1. The Morgan fingerprint density at radius 2 is 1.82 bits per heavy atom. The third-order valence-corrected chi connectivity index (χ3v) is 2.89. The van der Waals surface area contributed by atoms with Crippen molar-refractivity contribution in [2.75, 3.05) is 26.2 Å². The highest BCUT2D eigenvalue weighted by Crippen LogP contribution is 1.99. The molecule has 0 bridgehead atoms. The quantitative estimate of drug-likeness (QED) is 0.626. The molecule has 0 rings (SSSR count). The number of hydrogen-bond acceptors (Lipinski definition) is 4. The maximum atomic E-state index is 11.6. The van der Waals surface area contributed by atoms with E-state index in [1.165, 1.54) is 0 Å². The molecule has 2 unspecified atom stereocenters. The minimum atomic E-state index is -0.180. The monoisotopic (exact) mass is 244 g/mol. The van der Waals surface area contributed by atoms with E-state index in [2.05, 4.69) is 31.0 Å². The van der Waals surface area contributed by atoms with Crippen LogP contribution in [0.5, 0.6) is 0 Å². The first-order valence-corrected chi connectivity index (χ1v) is 6.73. The summed E-state index contributed by atoms with van der Waals surface area (Å²) in [6.07, 6.45) is 0.765. The van der Waals surface area contributed by atoms with Crippen LogP contribution in [0.1, 0.15) is 41.0 Å². The Bertz CT molecular complexity index is 206. The smallest absolute Gasteiger partial charge is 0.323 e. The highest BCUT2D eigenvalue weighted by Gasteiger charge is 2.20. The molecule has 0 aromatic heterocycles. The van der Waals surface area contributed by atoms with E-state index >= 15 is 0 Å². The van der Waals surface area contributed by atoms with Crippen molar-refractivity contribution >= 4 is 5.97 Å². The first kappa shape index (κ1) is 16.4. The Hall–Kier alpha value is -0.610. The number of carbonyl (C=O) groups is 1. The van der Waals surface area contributed by atoms with E-state index in [4.69, 9.17) is 4.74 Å². The summed E-state index contributed by atoms with van der Waals surface area (Å²) in [5, 5.41) is 3.33. The Kier molecular flexibility index (Phi) is 9.09. The van der Waals surface area contributed by atoms with Gasteiger partial charge >= 0.3 is 5.97 Å². The molecular formula is C13H28N2O2. The summed E-state index contributed by atoms with van der Waals surface area (Å²) >= 11 is 0. The van der Waals surface area contributed by atoms with Gasteiger partial charge in [0.05, 0.1) is 6.61 Å². The van der Waals surface area contributed by atoms with E-state index in [9.17, 15) is 4.79 Å². The van der Waals surface area contributed by atoms with Gasteiger partial charge in [0.15, 0.2) is 0 Å². The van der Waals surface area contributed by atoms with Crippen LogP contribution in [0, 0.1) is 0 Å². The molecule has 0 saturated heterocycles. The van der Waals surface area contributed by atoms with Crippen LogP contribution in [0.4, 0.5) is 0 Å². The standard InChI is InChI=1S/C13H28N2O2/c1-6-12(13(16)17-9-4)14-11(5)10-15(7-2)8-3/h11-12,14H,6-10H2,1-5H3. The van der Waals surface area contributed by atoms with Crippen molar-refractivity contribution in [2.45, 2.75) is 53.1 Å². The first-order chi connectivity index (χ1) is 8.08. The average molecular weight is 244 g/mol. The number of esters is 1. The molecule has 2 atom stereocenters. The van der Waals surface area contributed by atoms with Crippen LogP contribution in [0.25, 0.3) is 0 Å². The van der Waals surface area contributed by atoms with Crippen LogP contribution in [0.15, 0.2) is 0 Å². The van der Waals surface area contributed by atoms with Gasteiger partial charge in [-0.3, -0.25) is 4.79 Å². The largest absolute Gasteiger partial charge is 0.465 e. The zero-order valence-electron chi connectivity index (χ0n) is 12.0. The van der Waals surface area contributed by atoms with Gasteiger partial charge in [0.2, 0.25) is 0 Å². The topological polar surface area (TPSA) is 41.6 Å². The van der Waals surface area contributed by atoms with E-state index in [0.29, 0.717) is 12.6 Å². The molecule has 102 valence electrons. The zero-order chi connectivity index (χ0) is 13.3. The Morgan fingerprint density at radius 3 is 2.24 bits per heavy atom. The molecule has 0 heterocycles. The summed E-state index contributed by atoms with van der Waals surface area (Å²) in [7, 11) is 0. The van der Waals surface area contributed by atoms with Gasteiger partial charge in [-0.05, 0) is 33.4 Å². The third kappa shape index (κ3) is 6.64. The van der Waals surface area contributed by atoms with Gasteiger partial charge in [-0.25, -0.2) is 0 Å². The highest BCUT2D eigenvalue weighted by molar-refractivity contribution is 5.75. The van der Waals surface area contributed by atoms with E-state index in [0.717, 1.165) is 26.1 Å². The summed E-state index contributed by atoms with van der Waals surface area (Å²) in [4.78, 5) is 14.0. The Labute approximate surface area is 106 Å². The Balaban J connectivity index is 4.13. The average Bonchev–Trinajstić information content (AvgIpc) is 2.33. The second-order valence-corrected chi connectivity index (χ2v) is 4.27. The highest BCUT2D eigenvalue weighted by atomic mass is 16.5. The van der Waals surface area contributed by atoms with Gasteiger partial charge in [0.25, 0.3) is 0 Å². The number of likely N-dealkylation sites (N-methyl/N-ethyl adjacent to an activating group) is 1. The first-order valence-electron chi connectivity index (χ1n) is 6.73. The van der Waals surface area contributed by atoms with Crippen molar-refractivity contribution in [3.8, 4) is 0 Å². The van der Waals surface area contributed by atoms with Crippen LogP contribution >= 0.6 is 0 Å². The normalized spacial score (nSPS) is 14.7. The maximum absolute atomic E-state index is 11.6. The van der Waals surface area contributed by atoms with Gasteiger partial charge in [-0.1, -0.05) is 20.8 Å². The van der Waals surface area contributed by atoms with Crippen molar-refractivity contribution in [3.05, 3.63) is 0 Å². The van der Waals surface area contributed by atoms with Crippen LogP contribution in [-0.2, 0) is 9.53 Å². The number of carbonyl (C=O) groups excluding carboxylic acids is 1. The number of hydrogen-bond donors (Lipinski definition) is 1. The summed E-state index contributed by atoms with van der Waals surface area (Å²) in [5.41, 5.74) is 0. The minimum Gasteiger partial charge on any atom is -0.465 e. The molecule has 0 aromatic rings. The SMILES string of the molecule is CCOC(=O)C(CC)NC(C)CN(CC)CC. The van der Waals surface area contributed by atoms with Crippen molar-refractivity contribution in [1.29, 1.82) is 0 Å². The van der Waals surface area contributed by atoms with Gasteiger partial charge in [-0.15, -0.1) is 0 Å². The second-order valence-electron chi connectivity index (χ2n) is 4.27. The van der Waals surface area contributed by atoms with Crippen molar-refractivity contribution in [1.82, 2.24) is 10.2 Å². The summed E-state index contributed by atoms with van der Waals surface area (Å²) in [5.74, 6) is -0.138. The molecule has 0 radical (unpaired) electrons. The van der Waals surface area contributed by atoms with Gasteiger partial charge in [-0.2, -0.15) is 0 Å².